The van der Waals surface area contributed by atoms with Gasteiger partial charge in [-0.15, -0.1) is 0 Å². The van der Waals surface area contributed by atoms with Crippen molar-refractivity contribution < 1.29 is 14.3 Å². The van der Waals surface area contributed by atoms with Crippen molar-refractivity contribution in [2.45, 2.75) is 0 Å². The molecule has 3 aromatic rings. The summed E-state index contributed by atoms with van der Waals surface area (Å²) in [7, 11) is 1.18. The molecule has 0 saturated carbocycles. The van der Waals surface area contributed by atoms with E-state index in [0.29, 0.717) is 10.4 Å². The molecule has 22 heavy (non-hydrogen) atoms. The first-order chi connectivity index (χ1) is 10.6. The van der Waals surface area contributed by atoms with E-state index < -0.39 is 11.8 Å². The van der Waals surface area contributed by atoms with Crippen LogP contribution in [0.1, 0.15) is 10.4 Å². The molecule has 0 amide bonds. The topological polar surface area (TPSA) is 48.3 Å². The predicted octanol–water partition coefficient (Wildman–Crippen LogP) is 3.64. The summed E-state index contributed by atoms with van der Waals surface area (Å²) in [5.74, 6) is -1.59. The summed E-state index contributed by atoms with van der Waals surface area (Å²) >= 11 is 6.03. The molecule has 0 aliphatic heterocycles. The van der Waals surface area contributed by atoms with Crippen LogP contribution in [0.25, 0.3) is 16.6 Å². The highest BCUT2D eigenvalue weighted by Crippen LogP contribution is 2.28. The van der Waals surface area contributed by atoms with Crippen LogP contribution in [0, 0.1) is 0 Å². The van der Waals surface area contributed by atoms with E-state index in [1.165, 1.54) is 7.11 Å². The summed E-state index contributed by atoms with van der Waals surface area (Å²) in [4.78, 5) is 23.8. The highest BCUT2D eigenvalue weighted by Gasteiger charge is 2.22. The Morgan fingerprint density at radius 1 is 1.09 bits per heavy atom. The van der Waals surface area contributed by atoms with Gasteiger partial charge in [0.05, 0.1) is 18.2 Å². The zero-order valence-corrected chi connectivity index (χ0v) is 12.5. The first-order valence-electron chi connectivity index (χ1n) is 6.60. The number of carbonyl (C=O) groups excluding carboxylic acids is 2. The smallest absolute Gasteiger partial charge is 0.379 e. The fourth-order valence-corrected chi connectivity index (χ4v) is 2.56. The van der Waals surface area contributed by atoms with Crippen molar-refractivity contribution in [3.05, 3.63) is 65.3 Å². The van der Waals surface area contributed by atoms with Gasteiger partial charge in [0.2, 0.25) is 0 Å². The maximum Gasteiger partial charge on any atom is 0.379 e. The van der Waals surface area contributed by atoms with Crippen LogP contribution >= 0.6 is 11.6 Å². The lowest BCUT2D eigenvalue weighted by Gasteiger charge is -2.04. The number of hydrogen-bond acceptors (Lipinski definition) is 3. The fourth-order valence-electron chi connectivity index (χ4n) is 2.39. The minimum Gasteiger partial charge on any atom is -0.463 e. The lowest BCUT2D eigenvalue weighted by Crippen LogP contribution is -2.15. The first-order valence-corrected chi connectivity index (χ1v) is 6.98. The number of rotatable bonds is 3. The molecule has 0 N–H and O–H groups in total. The summed E-state index contributed by atoms with van der Waals surface area (Å²) in [6.45, 7) is 0. The Labute approximate surface area is 131 Å². The molecule has 0 radical (unpaired) electrons. The largest absolute Gasteiger partial charge is 0.463 e. The summed E-state index contributed by atoms with van der Waals surface area (Å²) in [6, 6.07) is 14.8. The molecule has 0 saturated heterocycles. The number of ether oxygens (including phenoxy) is 1. The number of ketones is 1. The van der Waals surface area contributed by atoms with Crippen molar-refractivity contribution >= 4 is 34.3 Å². The third-order valence-corrected chi connectivity index (χ3v) is 3.65. The average Bonchev–Trinajstić information content (AvgIpc) is 2.92. The number of para-hydroxylation sites is 1. The van der Waals surface area contributed by atoms with Crippen molar-refractivity contribution in [3.63, 3.8) is 0 Å². The van der Waals surface area contributed by atoms with E-state index in [0.717, 1.165) is 11.2 Å². The molecule has 4 nitrogen and oxygen atoms in total. The van der Waals surface area contributed by atoms with Crippen molar-refractivity contribution in [1.82, 2.24) is 4.57 Å². The van der Waals surface area contributed by atoms with Crippen molar-refractivity contribution in [2.75, 3.05) is 7.11 Å². The maximum absolute atomic E-state index is 12.2. The third-order valence-electron chi connectivity index (χ3n) is 3.42. The van der Waals surface area contributed by atoms with E-state index in [9.17, 15) is 9.59 Å². The molecule has 0 bridgehead atoms. The van der Waals surface area contributed by atoms with Crippen LogP contribution in [0.15, 0.2) is 54.7 Å². The molecule has 0 aliphatic carbocycles. The van der Waals surface area contributed by atoms with E-state index in [1.807, 2.05) is 41.0 Å². The third kappa shape index (κ3) is 2.38. The van der Waals surface area contributed by atoms with Gasteiger partial charge in [-0.1, -0.05) is 29.8 Å². The Morgan fingerprint density at radius 3 is 2.50 bits per heavy atom. The van der Waals surface area contributed by atoms with Gasteiger partial charge in [-0.25, -0.2) is 4.79 Å². The van der Waals surface area contributed by atoms with Crippen molar-refractivity contribution in [1.29, 1.82) is 0 Å². The number of hydrogen-bond donors (Lipinski definition) is 0. The molecule has 0 atom stereocenters. The Kier molecular flexibility index (Phi) is 3.69. The van der Waals surface area contributed by atoms with E-state index in [1.54, 1.807) is 18.3 Å². The molecule has 5 heteroatoms. The van der Waals surface area contributed by atoms with Crippen LogP contribution in [0.4, 0.5) is 0 Å². The number of benzene rings is 2. The summed E-state index contributed by atoms with van der Waals surface area (Å²) < 4.78 is 6.38. The Bertz CT molecular complexity index is 868. The first kappa shape index (κ1) is 14.4. The van der Waals surface area contributed by atoms with Gasteiger partial charge in [-0.2, -0.15) is 0 Å². The van der Waals surface area contributed by atoms with E-state index >= 15 is 0 Å². The molecule has 0 aliphatic rings. The number of Topliss-reactive ketones (excluding diaryl/α,β-unsaturated/α-hetero) is 1. The van der Waals surface area contributed by atoms with Crippen LogP contribution < -0.4 is 0 Å². The number of methoxy groups -OCH3 is 1. The SMILES string of the molecule is COC(=O)C(=O)c1cn(-c2ccccc2)c2ccc(Cl)cc12. The van der Waals surface area contributed by atoms with Gasteiger partial charge >= 0.3 is 5.97 Å². The number of esters is 1. The minimum atomic E-state index is -0.896. The summed E-state index contributed by atoms with van der Waals surface area (Å²) in [5.41, 5.74) is 1.95. The van der Waals surface area contributed by atoms with Gasteiger partial charge in [-0.3, -0.25) is 4.79 Å². The molecular weight excluding hydrogens is 302 g/mol. The zero-order chi connectivity index (χ0) is 15.7. The maximum atomic E-state index is 12.2. The number of aromatic nitrogens is 1. The van der Waals surface area contributed by atoms with Crippen LogP contribution in [0.3, 0.4) is 0 Å². The minimum absolute atomic E-state index is 0.271. The predicted molar refractivity (Wildman–Crippen MR) is 84.6 cm³/mol. The summed E-state index contributed by atoms with van der Waals surface area (Å²) in [6.07, 6.45) is 1.63. The normalized spacial score (nSPS) is 10.6. The number of fused-ring (bicyclic) bond motifs is 1. The highest BCUT2D eigenvalue weighted by atomic mass is 35.5. The molecule has 0 fully saturated rings. The van der Waals surface area contributed by atoms with E-state index in [2.05, 4.69) is 4.74 Å². The van der Waals surface area contributed by atoms with Gasteiger partial charge < -0.3 is 9.30 Å². The van der Waals surface area contributed by atoms with E-state index in [-0.39, 0.29) is 5.56 Å². The monoisotopic (exact) mass is 313 g/mol. The molecule has 1 heterocycles. The molecule has 2 aromatic carbocycles. The van der Waals surface area contributed by atoms with Crippen LogP contribution in [0.2, 0.25) is 5.02 Å². The van der Waals surface area contributed by atoms with Gasteiger partial charge in [0.25, 0.3) is 5.78 Å². The van der Waals surface area contributed by atoms with Crippen LogP contribution in [-0.4, -0.2) is 23.4 Å². The van der Waals surface area contributed by atoms with Crippen molar-refractivity contribution in [2.24, 2.45) is 0 Å². The quantitative estimate of drug-likeness (QED) is 0.421. The second-order valence-electron chi connectivity index (χ2n) is 4.73. The molecular formula is C17H12ClNO3. The lowest BCUT2D eigenvalue weighted by atomic mass is 10.1. The molecule has 0 spiro atoms. The lowest BCUT2D eigenvalue weighted by molar-refractivity contribution is -0.135. The van der Waals surface area contributed by atoms with Crippen LogP contribution in [-0.2, 0) is 9.53 Å². The zero-order valence-electron chi connectivity index (χ0n) is 11.7. The molecule has 3 rings (SSSR count). The second kappa shape index (κ2) is 5.66. The molecule has 1 aromatic heterocycles. The number of nitrogens with zero attached hydrogens (tertiary/aromatic N) is 1. The second-order valence-corrected chi connectivity index (χ2v) is 5.17. The highest BCUT2D eigenvalue weighted by molar-refractivity contribution is 6.43. The Balaban J connectivity index is 2.27. The van der Waals surface area contributed by atoms with Gasteiger partial charge in [0, 0.05) is 22.3 Å². The standard InChI is InChI=1S/C17H12ClNO3/c1-22-17(21)16(20)14-10-19(12-5-3-2-4-6-12)15-8-7-11(18)9-13(14)15/h2-10H,1H3. The van der Waals surface area contributed by atoms with Crippen LogP contribution in [0.5, 0.6) is 0 Å². The molecule has 110 valence electrons. The average molecular weight is 314 g/mol. The van der Waals surface area contributed by atoms with E-state index in [4.69, 9.17) is 11.6 Å². The van der Waals surface area contributed by atoms with Gasteiger partial charge in [0.1, 0.15) is 0 Å². The summed E-state index contributed by atoms with van der Waals surface area (Å²) in [5, 5.41) is 1.11. The Morgan fingerprint density at radius 2 is 1.82 bits per heavy atom. The molecule has 0 unspecified atom stereocenters. The fraction of sp³-hybridized carbons (Fsp3) is 0.0588. The Hall–Kier alpha value is -2.59. The van der Waals surface area contributed by atoms with Crippen molar-refractivity contribution in [3.8, 4) is 5.69 Å². The van der Waals surface area contributed by atoms with Gasteiger partial charge in [0.15, 0.2) is 0 Å². The van der Waals surface area contributed by atoms with Gasteiger partial charge in [-0.05, 0) is 30.3 Å². The number of halogens is 1. The number of carbonyl (C=O) groups is 2.